The molecule has 3 aromatic rings. The molecule has 2 aromatic carbocycles. The van der Waals surface area contributed by atoms with Gasteiger partial charge in [-0.05, 0) is 48.0 Å². The number of ether oxygens (including phenoxy) is 1. The van der Waals surface area contributed by atoms with Crippen LogP contribution in [0.5, 0.6) is 5.75 Å². The molecule has 13 heteroatoms. The normalized spacial score (nSPS) is 14.8. The number of hydrogen-bond donors (Lipinski definition) is 2. The lowest BCUT2D eigenvalue weighted by Crippen LogP contribution is -2.31. The largest absolute Gasteiger partial charge is 0.497 e. The number of hydrogen-bond acceptors (Lipinski definition) is 9. The van der Waals surface area contributed by atoms with Gasteiger partial charge in [0.05, 0.1) is 16.9 Å². The SMILES string of the molecule is COc1ccc(/C=C2\SC(=S)N(CCC(=O)Nc3ccc(S(=O)(=O)Nc4nccs4)cc3)C2=O)cc1. The van der Waals surface area contributed by atoms with E-state index in [1.165, 1.54) is 58.5 Å². The Hall–Kier alpha value is -3.26. The average molecular weight is 561 g/mol. The van der Waals surface area contributed by atoms with Crippen LogP contribution in [0.3, 0.4) is 0 Å². The van der Waals surface area contributed by atoms with Gasteiger partial charge < -0.3 is 10.1 Å². The summed E-state index contributed by atoms with van der Waals surface area (Å²) in [5.74, 6) is 0.130. The minimum Gasteiger partial charge on any atom is -0.497 e. The zero-order valence-electron chi connectivity index (χ0n) is 18.8. The van der Waals surface area contributed by atoms with Gasteiger partial charge in [-0.3, -0.25) is 19.2 Å². The van der Waals surface area contributed by atoms with E-state index in [1.807, 2.05) is 12.1 Å². The molecule has 1 aliphatic rings. The third kappa shape index (κ3) is 6.29. The Morgan fingerprint density at radius 2 is 1.89 bits per heavy atom. The first-order valence-corrected chi connectivity index (χ1v) is 14.1. The summed E-state index contributed by atoms with van der Waals surface area (Å²) in [7, 11) is -2.20. The Bertz CT molecular complexity index is 1400. The van der Waals surface area contributed by atoms with E-state index < -0.39 is 10.0 Å². The topological polar surface area (TPSA) is 118 Å². The minimum atomic E-state index is -3.78. The molecule has 0 unspecified atom stereocenters. The van der Waals surface area contributed by atoms with E-state index in [-0.39, 0.29) is 34.8 Å². The Morgan fingerprint density at radius 1 is 1.17 bits per heavy atom. The Morgan fingerprint density at radius 3 is 2.53 bits per heavy atom. The number of carbonyl (C=O) groups excluding carboxylic acids is 2. The van der Waals surface area contributed by atoms with Crippen LogP contribution in [0.4, 0.5) is 10.8 Å². The smallest absolute Gasteiger partial charge is 0.266 e. The van der Waals surface area contributed by atoms with Crippen LogP contribution in [-0.4, -0.2) is 48.1 Å². The molecule has 4 rings (SSSR count). The van der Waals surface area contributed by atoms with Gasteiger partial charge in [-0.2, -0.15) is 0 Å². The van der Waals surface area contributed by atoms with Crippen molar-refractivity contribution in [3.63, 3.8) is 0 Å². The van der Waals surface area contributed by atoms with Gasteiger partial charge in [0.25, 0.3) is 15.9 Å². The van der Waals surface area contributed by atoms with Crippen molar-refractivity contribution in [2.45, 2.75) is 11.3 Å². The summed E-state index contributed by atoms with van der Waals surface area (Å²) in [4.78, 5) is 31.1. The van der Waals surface area contributed by atoms with E-state index in [0.717, 1.165) is 5.56 Å². The number of nitrogens with zero attached hydrogens (tertiary/aromatic N) is 2. The second-order valence-corrected chi connectivity index (χ2v) is 11.6. The van der Waals surface area contributed by atoms with Crippen LogP contribution >= 0.6 is 35.3 Å². The summed E-state index contributed by atoms with van der Waals surface area (Å²) in [6.45, 7) is 0.126. The van der Waals surface area contributed by atoms with E-state index in [1.54, 1.807) is 30.7 Å². The fraction of sp³-hybridized carbons (Fsp3) is 0.130. The lowest BCUT2D eigenvalue weighted by Gasteiger charge is -2.14. The van der Waals surface area contributed by atoms with Gasteiger partial charge in [0, 0.05) is 30.2 Å². The maximum atomic E-state index is 12.8. The maximum absolute atomic E-state index is 12.8. The first-order valence-electron chi connectivity index (χ1n) is 10.5. The van der Waals surface area contributed by atoms with Gasteiger partial charge in [0.2, 0.25) is 5.91 Å². The fourth-order valence-corrected chi connectivity index (χ4v) is 6.24. The highest BCUT2D eigenvalue weighted by Crippen LogP contribution is 2.33. The minimum absolute atomic E-state index is 0.0217. The molecule has 1 aliphatic heterocycles. The summed E-state index contributed by atoms with van der Waals surface area (Å²) >= 11 is 7.69. The fourth-order valence-electron chi connectivity index (χ4n) is 3.15. The van der Waals surface area contributed by atoms with Crippen molar-refractivity contribution in [1.82, 2.24) is 9.88 Å². The predicted molar refractivity (Wildman–Crippen MR) is 145 cm³/mol. The molecule has 0 spiro atoms. The van der Waals surface area contributed by atoms with Crippen molar-refractivity contribution >= 4 is 78.4 Å². The molecule has 2 amide bonds. The number of nitrogens with one attached hydrogen (secondary N) is 2. The molecule has 0 saturated carbocycles. The summed E-state index contributed by atoms with van der Waals surface area (Å²) in [5, 5.41) is 4.63. The average Bonchev–Trinajstić information content (AvgIpc) is 3.45. The summed E-state index contributed by atoms with van der Waals surface area (Å²) < 4.78 is 32.8. The van der Waals surface area contributed by atoms with Crippen LogP contribution in [0.25, 0.3) is 6.08 Å². The molecule has 2 heterocycles. The van der Waals surface area contributed by atoms with Gasteiger partial charge in [0.1, 0.15) is 10.1 Å². The van der Waals surface area contributed by atoms with Gasteiger partial charge in [-0.15, -0.1) is 11.3 Å². The summed E-state index contributed by atoms with van der Waals surface area (Å²) in [6.07, 6.45) is 3.27. The van der Waals surface area contributed by atoms with Crippen molar-refractivity contribution < 1.29 is 22.7 Å². The molecule has 1 fully saturated rings. The van der Waals surface area contributed by atoms with Crippen LogP contribution in [0, 0.1) is 0 Å². The number of aromatic nitrogens is 1. The lowest BCUT2D eigenvalue weighted by molar-refractivity contribution is -0.122. The Kier molecular flexibility index (Phi) is 8.04. The lowest BCUT2D eigenvalue weighted by atomic mass is 10.2. The standard InChI is InChI=1S/C23H20N4O5S4/c1-32-17-6-2-15(3-7-17)14-19-21(29)27(23(33)35-19)12-10-20(28)25-16-4-8-18(9-5-16)36(30,31)26-22-24-11-13-34-22/h2-9,11,13-14H,10,12H2,1H3,(H,24,26)(H,25,28)/b19-14-. The van der Waals surface area contributed by atoms with E-state index in [2.05, 4.69) is 15.0 Å². The molecule has 1 saturated heterocycles. The summed E-state index contributed by atoms with van der Waals surface area (Å²) in [5.41, 5.74) is 1.26. The highest BCUT2D eigenvalue weighted by Gasteiger charge is 2.32. The first-order chi connectivity index (χ1) is 17.2. The molecule has 0 aliphatic carbocycles. The maximum Gasteiger partial charge on any atom is 0.266 e. The van der Waals surface area contributed by atoms with E-state index in [4.69, 9.17) is 17.0 Å². The third-order valence-electron chi connectivity index (χ3n) is 4.95. The molecular formula is C23H20N4O5S4. The van der Waals surface area contributed by atoms with E-state index in [9.17, 15) is 18.0 Å². The second-order valence-electron chi connectivity index (χ2n) is 7.37. The van der Waals surface area contributed by atoms with Crippen LogP contribution in [0.1, 0.15) is 12.0 Å². The Labute approximate surface area is 221 Å². The quantitative estimate of drug-likeness (QED) is 0.296. The number of anilines is 2. The third-order valence-corrected chi connectivity index (χ3v) is 8.50. The van der Waals surface area contributed by atoms with Crippen molar-refractivity contribution in [2.75, 3.05) is 23.7 Å². The highest BCUT2D eigenvalue weighted by atomic mass is 32.2. The zero-order chi connectivity index (χ0) is 25.7. The molecule has 0 atom stereocenters. The summed E-state index contributed by atoms with van der Waals surface area (Å²) in [6, 6.07) is 13.0. The number of methoxy groups -OCH3 is 1. The van der Waals surface area contributed by atoms with E-state index >= 15 is 0 Å². The number of benzene rings is 2. The number of amides is 2. The highest BCUT2D eigenvalue weighted by molar-refractivity contribution is 8.26. The molecule has 0 radical (unpaired) electrons. The molecule has 36 heavy (non-hydrogen) atoms. The zero-order valence-corrected chi connectivity index (χ0v) is 22.1. The van der Waals surface area contributed by atoms with Crippen LogP contribution in [-0.2, 0) is 19.6 Å². The first kappa shape index (κ1) is 25.8. The predicted octanol–water partition coefficient (Wildman–Crippen LogP) is 4.18. The van der Waals surface area contributed by atoms with Crippen LogP contribution in [0.2, 0.25) is 0 Å². The van der Waals surface area contributed by atoms with E-state index in [0.29, 0.717) is 20.7 Å². The Balaban J connectivity index is 1.32. The van der Waals surface area contributed by atoms with Gasteiger partial charge in [-0.25, -0.2) is 13.4 Å². The number of thiocarbonyl (C=S) groups is 1. The number of thiazole rings is 1. The van der Waals surface area contributed by atoms with Crippen molar-refractivity contribution in [1.29, 1.82) is 0 Å². The molecule has 186 valence electrons. The molecule has 1 aromatic heterocycles. The van der Waals surface area contributed by atoms with Crippen molar-refractivity contribution in [3.05, 3.63) is 70.6 Å². The number of thioether (sulfide) groups is 1. The van der Waals surface area contributed by atoms with Crippen LogP contribution < -0.4 is 14.8 Å². The van der Waals surface area contributed by atoms with Crippen LogP contribution in [0.15, 0.2) is 69.9 Å². The molecular weight excluding hydrogens is 541 g/mol. The van der Waals surface area contributed by atoms with Gasteiger partial charge >= 0.3 is 0 Å². The molecule has 9 nitrogen and oxygen atoms in total. The molecule has 2 N–H and O–H groups in total. The van der Waals surface area contributed by atoms with Crippen molar-refractivity contribution in [3.8, 4) is 5.75 Å². The number of rotatable bonds is 9. The number of carbonyl (C=O) groups is 2. The van der Waals surface area contributed by atoms with Gasteiger partial charge in [0.15, 0.2) is 5.13 Å². The second kappa shape index (κ2) is 11.2. The number of sulfonamides is 1. The monoisotopic (exact) mass is 560 g/mol. The molecule has 0 bridgehead atoms. The van der Waals surface area contributed by atoms with Gasteiger partial charge in [-0.1, -0.05) is 36.1 Å². The van der Waals surface area contributed by atoms with Crippen molar-refractivity contribution in [2.24, 2.45) is 0 Å².